The van der Waals surface area contributed by atoms with Crippen molar-refractivity contribution in [3.05, 3.63) is 30.1 Å². The van der Waals surface area contributed by atoms with Gasteiger partial charge in [-0.05, 0) is 32.4 Å². The van der Waals surface area contributed by atoms with Crippen molar-refractivity contribution in [2.24, 2.45) is 0 Å². The van der Waals surface area contributed by atoms with Crippen LogP contribution in [0, 0.1) is 5.82 Å². The molecule has 0 amide bonds. The number of hydrogen-bond acceptors (Lipinski definition) is 1. The van der Waals surface area contributed by atoms with Crippen molar-refractivity contribution in [2.75, 3.05) is 11.4 Å². The van der Waals surface area contributed by atoms with Crippen LogP contribution < -0.4 is 4.90 Å². The van der Waals surface area contributed by atoms with Gasteiger partial charge in [0.05, 0.1) is 5.69 Å². The highest BCUT2D eigenvalue weighted by Crippen LogP contribution is 2.20. The molecule has 78 valence electrons. The average molecular weight is 195 g/mol. The van der Waals surface area contributed by atoms with Crippen molar-refractivity contribution < 1.29 is 4.39 Å². The Labute approximate surface area is 85.5 Å². The fraction of sp³-hybridized carbons (Fsp3) is 0.500. The second-order valence-electron chi connectivity index (χ2n) is 3.74. The highest BCUT2D eigenvalue weighted by Gasteiger charge is 2.12. The van der Waals surface area contributed by atoms with Crippen LogP contribution in [0.15, 0.2) is 24.3 Å². The Morgan fingerprint density at radius 1 is 1.29 bits per heavy atom. The van der Waals surface area contributed by atoms with E-state index in [2.05, 4.69) is 25.7 Å². The monoisotopic (exact) mass is 195 g/mol. The van der Waals surface area contributed by atoms with Gasteiger partial charge in [0.1, 0.15) is 5.82 Å². The van der Waals surface area contributed by atoms with Gasteiger partial charge < -0.3 is 4.90 Å². The van der Waals surface area contributed by atoms with Crippen molar-refractivity contribution in [2.45, 2.75) is 33.2 Å². The summed E-state index contributed by atoms with van der Waals surface area (Å²) >= 11 is 0. The van der Waals surface area contributed by atoms with Gasteiger partial charge in [-0.25, -0.2) is 4.39 Å². The molecule has 1 aromatic carbocycles. The first-order chi connectivity index (χ1) is 6.66. The third kappa shape index (κ3) is 2.47. The summed E-state index contributed by atoms with van der Waals surface area (Å²) < 4.78 is 13.5. The molecule has 0 aliphatic rings. The summed E-state index contributed by atoms with van der Waals surface area (Å²) in [5, 5.41) is 0. The van der Waals surface area contributed by atoms with Gasteiger partial charge in [0.15, 0.2) is 0 Å². The molecule has 0 bridgehead atoms. The van der Waals surface area contributed by atoms with Crippen LogP contribution in [0.25, 0.3) is 0 Å². The highest BCUT2D eigenvalue weighted by atomic mass is 19.1. The van der Waals surface area contributed by atoms with Gasteiger partial charge in [0.2, 0.25) is 0 Å². The number of para-hydroxylation sites is 1. The number of halogens is 1. The molecular formula is C12H18FN. The van der Waals surface area contributed by atoms with Crippen LogP contribution in [0.5, 0.6) is 0 Å². The van der Waals surface area contributed by atoms with E-state index in [0.717, 1.165) is 13.0 Å². The SMILES string of the molecule is CCCN(c1ccccc1F)C(C)C. The molecule has 0 radical (unpaired) electrons. The van der Waals surface area contributed by atoms with Crippen molar-refractivity contribution in [3.8, 4) is 0 Å². The summed E-state index contributed by atoms with van der Waals surface area (Å²) in [6.07, 6.45) is 1.03. The van der Waals surface area contributed by atoms with E-state index in [1.807, 2.05) is 12.1 Å². The maximum Gasteiger partial charge on any atom is 0.146 e. The van der Waals surface area contributed by atoms with E-state index in [9.17, 15) is 4.39 Å². The molecule has 0 spiro atoms. The molecule has 14 heavy (non-hydrogen) atoms. The molecule has 0 N–H and O–H groups in total. The molecule has 0 atom stereocenters. The number of rotatable bonds is 4. The van der Waals surface area contributed by atoms with Crippen LogP contribution in [-0.4, -0.2) is 12.6 Å². The van der Waals surface area contributed by atoms with E-state index in [1.54, 1.807) is 6.07 Å². The smallest absolute Gasteiger partial charge is 0.146 e. The Balaban J connectivity index is 2.93. The molecule has 0 saturated carbocycles. The van der Waals surface area contributed by atoms with Crippen molar-refractivity contribution in [1.29, 1.82) is 0 Å². The number of benzene rings is 1. The van der Waals surface area contributed by atoms with Gasteiger partial charge in [-0.15, -0.1) is 0 Å². The predicted octanol–water partition coefficient (Wildman–Crippen LogP) is 3.45. The van der Waals surface area contributed by atoms with Crippen LogP contribution in [0.1, 0.15) is 27.2 Å². The van der Waals surface area contributed by atoms with Crippen LogP contribution in [0.3, 0.4) is 0 Å². The van der Waals surface area contributed by atoms with Gasteiger partial charge in [0, 0.05) is 12.6 Å². The topological polar surface area (TPSA) is 3.24 Å². The van der Waals surface area contributed by atoms with Gasteiger partial charge in [0.25, 0.3) is 0 Å². The molecule has 0 saturated heterocycles. The van der Waals surface area contributed by atoms with E-state index in [4.69, 9.17) is 0 Å². The van der Waals surface area contributed by atoms with Crippen molar-refractivity contribution in [1.82, 2.24) is 0 Å². The Morgan fingerprint density at radius 3 is 2.43 bits per heavy atom. The molecule has 0 aromatic heterocycles. The fourth-order valence-electron chi connectivity index (χ4n) is 1.58. The first-order valence-corrected chi connectivity index (χ1v) is 5.18. The van der Waals surface area contributed by atoms with Crippen molar-refractivity contribution >= 4 is 5.69 Å². The van der Waals surface area contributed by atoms with Crippen LogP contribution >= 0.6 is 0 Å². The van der Waals surface area contributed by atoms with E-state index in [1.165, 1.54) is 6.07 Å². The van der Waals surface area contributed by atoms with E-state index < -0.39 is 0 Å². The molecule has 0 fully saturated rings. The quantitative estimate of drug-likeness (QED) is 0.711. The Bertz CT molecular complexity index is 283. The van der Waals surface area contributed by atoms with Crippen LogP contribution in [0.2, 0.25) is 0 Å². The first kappa shape index (κ1) is 11.0. The molecule has 0 aliphatic heterocycles. The molecule has 0 unspecified atom stereocenters. The van der Waals surface area contributed by atoms with E-state index >= 15 is 0 Å². The summed E-state index contributed by atoms with van der Waals surface area (Å²) in [7, 11) is 0. The van der Waals surface area contributed by atoms with Crippen LogP contribution in [0.4, 0.5) is 10.1 Å². The van der Waals surface area contributed by atoms with Gasteiger partial charge in [-0.1, -0.05) is 19.1 Å². The van der Waals surface area contributed by atoms with Crippen molar-refractivity contribution in [3.63, 3.8) is 0 Å². The summed E-state index contributed by atoms with van der Waals surface area (Å²) in [6, 6.07) is 7.30. The Hall–Kier alpha value is -1.05. The molecule has 1 rings (SSSR count). The number of nitrogens with zero attached hydrogens (tertiary/aromatic N) is 1. The fourth-order valence-corrected chi connectivity index (χ4v) is 1.58. The zero-order chi connectivity index (χ0) is 10.6. The first-order valence-electron chi connectivity index (χ1n) is 5.18. The van der Waals surface area contributed by atoms with Gasteiger partial charge in [-0.3, -0.25) is 0 Å². The normalized spacial score (nSPS) is 10.6. The zero-order valence-corrected chi connectivity index (χ0v) is 9.13. The molecule has 0 heterocycles. The summed E-state index contributed by atoms with van der Waals surface area (Å²) in [6.45, 7) is 7.18. The van der Waals surface area contributed by atoms with Crippen LogP contribution in [-0.2, 0) is 0 Å². The lowest BCUT2D eigenvalue weighted by Gasteiger charge is -2.28. The second kappa shape index (κ2) is 4.99. The largest absolute Gasteiger partial charge is 0.367 e. The minimum Gasteiger partial charge on any atom is -0.367 e. The third-order valence-corrected chi connectivity index (χ3v) is 2.25. The van der Waals surface area contributed by atoms with Gasteiger partial charge in [-0.2, -0.15) is 0 Å². The third-order valence-electron chi connectivity index (χ3n) is 2.25. The van der Waals surface area contributed by atoms with E-state index in [-0.39, 0.29) is 5.82 Å². The number of anilines is 1. The maximum atomic E-state index is 13.5. The molecule has 1 nitrogen and oxygen atoms in total. The van der Waals surface area contributed by atoms with E-state index in [0.29, 0.717) is 11.7 Å². The standard InChI is InChI=1S/C12H18FN/c1-4-9-14(10(2)3)12-8-6-5-7-11(12)13/h5-8,10H,4,9H2,1-3H3. The minimum absolute atomic E-state index is 0.130. The lowest BCUT2D eigenvalue weighted by Crippen LogP contribution is -2.32. The lowest BCUT2D eigenvalue weighted by molar-refractivity contribution is 0.597. The predicted molar refractivity (Wildman–Crippen MR) is 59.2 cm³/mol. The Kier molecular flexibility index (Phi) is 3.93. The second-order valence-corrected chi connectivity index (χ2v) is 3.74. The highest BCUT2D eigenvalue weighted by molar-refractivity contribution is 5.48. The molecular weight excluding hydrogens is 177 g/mol. The Morgan fingerprint density at radius 2 is 1.93 bits per heavy atom. The maximum absolute atomic E-state index is 13.5. The number of hydrogen-bond donors (Lipinski definition) is 0. The summed E-state index contributed by atoms with van der Waals surface area (Å²) in [5.41, 5.74) is 0.712. The summed E-state index contributed by atoms with van der Waals surface area (Å²) in [5.74, 6) is -0.130. The average Bonchev–Trinajstić information content (AvgIpc) is 2.15. The lowest BCUT2D eigenvalue weighted by atomic mass is 10.2. The molecule has 0 aliphatic carbocycles. The zero-order valence-electron chi connectivity index (χ0n) is 9.13. The summed E-state index contributed by atoms with van der Waals surface area (Å²) in [4.78, 5) is 2.09. The van der Waals surface area contributed by atoms with Gasteiger partial charge >= 0.3 is 0 Å². The molecule has 2 heteroatoms. The minimum atomic E-state index is -0.130. The molecule has 1 aromatic rings.